The van der Waals surface area contributed by atoms with Gasteiger partial charge in [0.25, 0.3) is 0 Å². The van der Waals surface area contributed by atoms with Crippen molar-refractivity contribution >= 4 is 23.3 Å². The molecule has 1 atom stereocenters. The van der Waals surface area contributed by atoms with Gasteiger partial charge in [0.2, 0.25) is 0 Å². The summed E-state index contributed by atoms with van der Waals surface area (Å²) in [6.07, 6.45) is 5.04. The van der Waals surface area contributed by atoms with Crippen molar-refractivity contribution in [3.8, 4) is 11.4 Å². The lowest BCUT2D eigenvalue weighted by atomic mass is 10.0. The molecule has 1 N–H and O–H groups in total. The second-order valence-corrected chi connectivity index (χ2v) is 8.83. The van der Waals surface area contributed by atoms with Gasteiger partial charge in [0.15, 0.2) is 22.5 Å². The Balaban J connectivity index is 1.65. The van der Waals surface area contributed by atoms with Crippen LogP contribution in [0.1, 0.15) is 51.7 Å². The number of H-pyrrole nitrogens is 1. The van der Waals surface area contributed by atoms with Crippen molar-refractivity contribution in [1.82, 2.24) is 24.7 Å². The van der Waals surface area contributed by atoms with E-state index in [1.54, 1.807) is 32.5 Å². The van der Waals surface area contributed by atoms with E-state index in [0.717, 1.165) is 11.3 Å². The number of aromatic nitrogens is 5. The van der Waals surface area contributed by atoms with Gasteiger partial charge in [0.05, 0.1) is 23.8 Å². The molecule has 0 aliphatic heterocycles. The number of aromatic amines is 1. The fourth-order valence-corrected chi connectivity index (χ4v) is 4.63. The Kier molecular flexibility index (Phi) is 6.09. The highest BCUT2D eigenvalue weighted by Crippen LogP contribution is 2.30. The molecule has 0 fully saturated rings. The smallest absolute Gasteiger partial charge is 0.192 e. The predicted molar refractivity (Wildman–Crippen MR) is 121 cm³/mol. The van der Waals surface area contributed by atoms with E-state index >= 15 is 0 Å². The number of aryl methyl sites for hydroxylation is 1. The molecule has 4 rings (SSSR count). The van der Waals surface area contributed by atoms with Gasteiger partial charge >= 0.3 is 0 Å². The van der Waals surface area contributed by atoms with Gasteiger partial charge in [-0.2, -0.15) is 0 Å². The number of carbonyl (C=O) groups is 2. The van der Waals surface area contributed by atoms with Crippen molar-refractivity contribution in [2.75, 3.05) is 0 Å². The van der Waals surface area contributed by atoms with Gasteiger partial charge < -0.3 is 9.40 Å². The molecule has 0 radical (unpaired) electrons. The number of hydrogen-bond donors (Lipinski definition) is 1. The molecule has 1 unspecified atom stereocenters. The van der Waals surface area contributed by atoms with Crippen LogP contribution in [-0.4, -0.2) is 41.5 Å². The van der Waals surface area contributed by atoms with E-state index in [0.29, 0.717) is 40.0 Å². The molecule has 0 aliphatic carbocycles. The summed E-state index contributed by atoms with van der Waals surface area (Å²) in [5.74, 6) is 1.23. The monoisotopic (exact) mass is 449 g/mol. The number of furan rings is 1. The van der Waals surface area contributed by atoms with Gasteiger partial charge in [-0.1, -0.05) is 11.8 Å². The Morgan fingerprint density at radius 1 is 1.22 bits per heavy atom. The maximum atomic E-state index is 13.2. The molecule has 164 valence electrons. The van der Waals surface area contributed by atoms with Crippen molar-refractivity contribution < 1.29 is 14.0 Å². The van der Waals surface area contributed by atoms with E-state index in [2.05, 4.69) is 20.2 Å². The summed E-state index contributed by atoms with van der Waals surface area (Å²) in [5, 5.41) is 8.85. The molecule has 0 bridgehead atoms. The average molecular weight is 450 g/mol. The highest BCUT2D eigenvalue weighted by molar-refractivity contribution is 8.00. The van der Waals surface area contributed by atoms with Crippen molar-refractivity contribution in [3.05, 3.63) is 71.2 Å². The molecule has 32 heavy (non-hydrogen) atoms. The summed E-state index contributed by atoms with van der Waals surface area (Å²) in [7, 11) is 0. The Morgan fingerprint density at radius 3 is 2.66 bits per heavy atom. The maximum Gasteiger partial charge on any atom is 0.192 e. The summed E-state index contributed by atoms with van der Waals surface area (Å²) < 4.78 is 7.44. The number of rotatable bonds is 8. The molecule has 4 aromatic rings. The van der Waals surface area contributed by atoms with Gasteiger partial charge in [0, 0.05) is 29.2 Å². The van der Waals surface area contributed by atoms with Crippen LogP contribution < -0.4 is 0 Å². The third-order valence-electron chi connectivity index (χ3n) is 5.22. The topological polar surface area (TPSA) is 107 Å². The van der Waals surface area contributed by atoms with Gasteiger partial charge in [-0.3, -0.25) is 19.1 Å². The van der Waals surface area contributed by atoms with Crippen LogP contribution >= 0.6 is 11.8 Å². The van der Waals surface area contributed by atoms with Crippen LogP contribution in [0.5, 0.6) is 0 Å². The molecule has 0 amide bonds. The maximum absolute atomic E-state index is 13.2. The zero-order valence-electron chi connectivity index (χ0n) is 18.2. The van der Waals surface area contributed by atoms with Crippen molar-refractivity contribution in [2.24, 2.45) is 0 Å². The summed E-state index contributed by atoms with van der Waals surface area (Å²) in [5.41, 5.74) is 3.23. The summed E-state index contributed by atoms with van der Waals surface area (Å²) >= 11 is 1.32. The number of carbonyl (C=O) groups excluding carboxylic acids is 2. The minimum atomic E-state index is -0.451. The Hall–Kier alpha value is -3.46. The molecule has 0 aliphatic rings. The molecule has 0 saturated heterocycles. The number of hydrogen-bond acceptors (Lipinski definition) is 7. The van der Waals surface area contributed by atoms with Crippen molar-refractivity contribution in [3.63, 3.8) is 0 Å². The molecule has 8 nitrogen and oxygen atoms in total. The van der Waals surface area contributed by atoms with Crippen LogP contribution in [0.2, 0.25) is 0 Å². The number of thioether (sulfide) groups is 1. The molecule has 0 aromatic carbocycles. The Labute approximate surface area is 189 Å². The number of nitrogens with zero attached hydrogens (tertiary/aromatic N) is 4. The SMILES string of the molecule is CC(=O)c1c(C)[nH]c(C(=O)C(C)Sc2nnc(-c3cccnc3)n2Cc2ccco2)c1C. The highest BCUT2D eigenvalue weighted by atomic mass is 32.2. The molecule has 0 spiro atoms. The molecule has 4 aromatic heterocycles. The first kappa shape index (κ1) is 21.8. The van der Waals surface area contributed by atoms with E-state index in [9.17, 15) is 9.59 Å². The molecule has 4 heterocycles. The lowest BCUT2D eigenvalue weighted by Gasteiger charge is -2.12. The molecular weight excluding hydrogens is 426 g/mol. The van der Waals surface area contributed by atoms with E-state index < -0.39 is 5.25 Å². The van der Waals surface area contributed by atoms with Crippen molar-refractivity contribution in [2.45, 2.75) is 44.6 Å². The van der Waals surface area contributed by atoms with Gasteiger partial charge in [-0.05, 0) is 57.5 Å². The predicted octanol–water partition coefficient (Wildman–Crippen LogP) is 4.49. The van der Waals surface area contributed by atoms with E-state index in [1.807, 2.05) is 35.8 Å². The van der Waals surface area contributed by atoms with Gasteiger partial charge in [-0.25, -0.2) is 0 Å². The Morgan fingerprint density at radius 2 is 2.03 bits per heavy atom. The standard InChI is InChI=1S/C23H23N5O3S/c1-13-19(15(3)29)14(2)25-20(13)21(30)16(4)32-23-27-26-22(17-7-5-9-24-11-17)28(23)12-18-8-6-10-31-18/h5-11,16,25H,12H2,1-4H3. The van der Waals surface area contributed by atoms with Gasteiger partial charge in [0.1, 0.15) is 5.76 Å². The van der Waals surface area contributed by atoms with Crippen LogP contribution in [0.3, 0.4) is 0 Å². The second-order valence-electron chi connectivity index (χ2n) is 7.52. The quantitative estimate of drug-likeness (QED) is 0.312. The lowest BCUT2D eigenvalue weighted by molar-refractivity contribution is 0.0988. The second kappa shape index (κ2) is 8.96. The summed E-state index contributed by atoms with van der Waals surface area (Å²) in [4.78, 5) is 32.4. The largest absolute Gasteiger partial charge is 0.467 e. The first-order chi connectivity index (χ1) is 15.4. The van der Waals surface area contributed by atoms with E-state index in [4.69, 9.17) is 4.42 Å². The zero-order chi connectivity index (χ0) is 22.8. The minimum absolute atomic E-state index is 0.0603. The fraction of sp³-hybridized carbons (Fsp3) is 0.261. The van der Waals surface area contributed by atoms with E-state index in [-0.39, 0.29) is 11.6 Å². The normalized spacial score (nSPS) is 12.1. The summed E-state index contributed by atoms with van der Waals surface area (Å²) in [6.45, 7) is 7.35. The number of nitrogens with one attached hydrogen (secondary N) is 1. The van der Waals surface area contributed by atoms with E-state index in [1.165, 1.54) is 18.7 Å². The first-order valence-electron chi connectivity index (χ1n) is 10.1. The fourth-order valence-electron chi connectivity index (χ4n) is 3.72. The Bertz CT molecular complexity index is 1260. The lowest BCUT2D eigenvalue weighted by Crippen LogP contribution is -2.16. The number of ketones is 2. The molecular formula is C23H23N5O3S. The van der Waals surface area contributed by atoms with Gasteiger partial charge in [-0.15, -0.1) is 10.2 Å². The van der Waals surface area contributed by atoms with Crippen LogP contribution in [0.25, 0.3) is 11.4 Å². The molecule has 0 saturated carbocycles. The third-order valence-corrected chi connectivity index (χ3v) is 6.30. The summed E-state index contributed by atoms with van der Waals surface area (Å²) in [6, 6.07) is 7.45. The number of pyridine rings is 1. The van der Waals surface area contributed by atoms with Crippen LogP contribution in [0.15, 0.2) is 52.5 Å². The van der Waals surface area contributed by atoms with Crippen LogP contribution in [0, 0.1) is 13.8 Å². The average Bonchev–Trinajstić information content (AvgIpc) is 3.49. The van der Waals surface area contributed by atoms with Crippen LogP contribution in [-0.2, 0) is 6.54 Å². The minimum Gasteiger partial charge on any atom is -0.467 e. The molecule has 9 heteroatoms. The third kappa shape index (κ3) is 4.16. The first-order valence-corrected chi connectivity index (χ1v) is 11.0. The van der Waals surface area contributed by atoms with Crippen molar-refractivity contribution in [1.29, 1.82) is 0 Å². The van der Waals surface area contributed by atoms with Crippen LogP contribution in [0.4, 0.5) is 0 Å². The zero-order valence-corrected chi connectivity index (χ0v) is 19.1. The number of Topliss-reactive ketones (excluding diaryl/α,β-unsaturated/α-hetero) is 2. The highest BCUT2D eigenvalue weighted by Gasteiger charge is 2.26.